The van der Waals surface area contributed by atoms with Gasteiger partial charge in [-0.1, -0.05) is 26.2 Å². The van der Waals surface area contributed by atoms with Crippen molar-refractivity contribution in [2.75, 3.05) is 26.2 Å². The van der Waals surface area contributed by atoms with E-state index >= 15 is 0 Å². The predicted molar refractivity (Wildman–Crippen MR) is 80.5 cm³/mol. The van der Waals surface area contributed by atoms with Gasteiger partial charge in [-0.15, -0.1) is 0 Å². The van der Waals surface area contributed by atoms with Crippen molar-refractivity contribution in [3.05, 3.63) is 0 Å². The minimum atomic E-state index is 0.170. The van der Waals surface area contributed by atoms with E-state index < -0.39 is 0 Å². The standard InChI is InChI=1S/C16H30N2O2/c1-3-18(14-7-5-4-6-8-14)16(20)11-17-10-9-13(2)15(17)12-19/h13-15,19H,3-12H2,1-2H3. The molecule has 1 aliphatic carbocycles. The topological polar surface area (TPSA) is 43.8 Å². The van der Waals surface area contributed by atoms with Gasteiger partial charge >= 0.3 is 0 Å². The minimum absolute atomic E-state index is 0.170. The zero-order valence-corrected chi connectivity index (χ0v) is 13.1. The van der Waals surface area contributed by atoms with Crippen LogP contribution < -0.4 is 0 Å². The average molecular weight is 282 g/mol. The van der Waals surface area contributed by atoms with Gasteiger partial charge in [-0.2, -0.15) is 0 Å². The highest BCUT2D eigenvalue weighted by molar-refractivity contribution is 5.78. The van der Waals surface area contributed by atoms with Crippen molar-refractivity contribution in [2.45, 2.75) is 64.5 Å². The van der Waals surface area contributed by atoms with E-state index in [1.54, 1.807) is 0 Å². The molecule has 1 aliphatic heterocycles. The molecule has 1 N–H and O–H groups in total. The molecule has 1 saturated carbocycles. The molecule has 0 aromatic heterocycles. The lowest BCUT2D eigenvalue weighted by Gasteiger charge is -2.35. The molecular weight excluding hydrogens is 252 g/mol. The third kappa shape index (κ3) is 3.53. The Balaban J connectivity index is 1.91. The van der Waals surface area contributed by atoms with E-state index in [4.69, 9.17) is 0 Å². The molecule has 4 nitrogen and oxygen atoms in total. The molecular formula is C16H30N2O2. The summed E-state index contributed by atoms with van der Waals surface area (Å²) in [4.78, 5) is 16.9. The van der Waals surface area contributed by atoms with E-state index in [1.807, 2.05) is 0 Å². The van der Waals surface area contributed by atoms with Crippen LogP contribution in [-0.4, -0.2) is 59.1 Å². The van der Waals surface area contributed by atoms with Crippen molar-refractivity contribution < 1.29 is 9.90 Å². The fourth-order valence-electron chi connectivity index (χ4n) is 3.87. The van der Waals surface area contributed by atoms with E-state index in [1.165, 1.54) is 32.1 Å². The Morgan fingerprint density at radius 1 is 1.25 bits per heavy atom. The number of aliphatic hydroxyl groups is 1. The Bertz CT molecular complexity index is 316. The normalized spacial score (nSPS) is 28.8. The van der Waals surface area contributed by atoms with Crippen LogP contribution in [0.4, 0.5) is 0 Å². The third-order valence-electron chi connectivity index (χ3n) is 5.20. The molecule has 2 rings (SSSR count). The summed E-state index contributed by atoms with van der Waals surface area (Å²) in [5.41, 5.74) is 0. The first-order valence-electron chi connectivity index (χ1n) is 8.31. The van der Waals surface area contributed by atoms with Crippen LogP contribution in [0.3, 0.4) is 0 Å². The molecule has 1 saturated heterocycles. The molecule has 2 aliphatic rings. The zero-order valence-electron chi connectivity index (χ0n) is 13.1. The lowest BCUT2D eigenvalue weighted by atomic mass is 9.94. The SMILES string of the molecule is CCN(C(=O)CN1CCC(C)C1CO)C1CCCCC1. The van der Waals surface area contributed by atoms with Gasteiger partial charge in [0.1, 0.15) is 0 Å². The fourth-order valence-corrected chi connectivity index (χ4v) is 3.87. The number of hydrogen-bond acceptors (Lipinski definition) is 3. The number of aliphatic hydroxyl groups excluding tert-OH is 1. The number of carbonyl (C=O) groups is 1. The van der Waals surface area contributed by atoms with Crippen molar-refractivity contribution in [1.29, 1.82) is 0 Å². The second kappa shape index (κ2) is 7.41. The first-order valence-corrected chi connectivity index (χ1v) is 8.31. The zero-order chi connectivity index (χ0) is 14.5. The quantitative estimate of drug-likeness (QED) is 0.837. The van der Waals surface area contributed by atoms with Crippen LogP contribution in [0.15, 0.2) is 0 Å². The second-order valence-electron chi connectivity index (χ2n) is 6.46. The lowest BCUT2D eigenvalue weighted by Crippen LogP contribution is -2.48. The molecule has 0 radical (unpaired) electrons. The van der Waals surface area contributed by atoms with Crippen LogP contribution in [0.2, 0.25) is 0 Å². The van der Waals surface area contributed by atoms with Gasteiger partial charge in [-0.3, -0.25) is 9.69 Å². The summed E-state index contributed by atoms with van der Waals surface area (Å²) in [7, 11) is 0. The Hall–Kier alpha value is -0.610. The predicted octanol–water partition coefficient (Wildman–Crippen LogP) is 1.87. The third-order valence-corrected chi connectivity index (χ3v) is 5.20. The molecule has 0 aromatic rings. The average Bonchev–Trinajstić information content (AvgIpc) is 2.81. The Labute approximate surface area is 123 Å². The van der Waals surface area contributed by atoms with Crippen LogP contribution >= 0.6 is 0 Å². The molecule has 4 heteroatoms. The molecule has 2 fully saturated rings. The highest BCUT2D eigenvalue weighted by Gasteiger charge is 2.33. The summed E-state index contributed by atoms with van der Waals surface area (Å²) in [5.74, 6) is 0.754. The van der Waals surface area contributed by atoms with Crippen molar-refractivity contribution >= 4 is 5.91 Å². The van der Waals surface area contributed by atoms with Gasteiger partial charge in [0, 0.05) is 18.6 Å². The molecule has 20 heavy (non-hydrogen) atoms. The minimum Gasteiger partial charge on any atom is -0.395 e. The summed E-state index contributed by atoms with van der Waals surface area (Å²) < 4.78 is 0. The molecule has 1 amide bonds. The highest BCUT2D eigenvalue weighted by atomic mass is 16.3. The van der Waals surface area contributed by atoms with Crippen LogP contribution in [-0.2, 0) is 4.79 Å². The summed E-state index contributed by atoms with van der Waals surface area (Å²) in [5, 5.41) is 9.50. The number of hydrogen-bond donors (Lipinski definition) is 1. The smallest absolute Gasteiger partial charge is 0.236 e. The Morgan fingerprint density at radius 2 is 1.95 bits per heavy atom. The number of carbonyl (C=O) groups excluding carboxylic acids is 1. The van der Waals surface area contributed by atoms with Crippen LogP contribution in [0, 0.1) is 5.92 Å². The van der Waals surface area contributed by atoms with Gasteiger partial charge in [0.2, 0.25) is 5.91 Å². The van der Waals surface area contributed by atoms with Crippen LogP contribution in [0.1, 0.15) is 52.4 Å². The van der Waals surface area contributed by atoms with Crippen molar-refractivity contribution in [2.24, 2.45) is 5.92 Å². The largest absolute Gasteiger partial charge is 0.395 e. The molecule has 116 valence electrons. The van der Waals surface area contributed by atoms with Gasteiger partial charge < -0.3 is 10.0 Å². The Kier molecular flexibility index (Phi) is 5.85. The van der Waals surface area contributed by atoms with E-state index in [9.17, 15) is 9.90 Å². The van der Waals surface area contributed by atoms with E-state index in [2.05, 4.69) is 23.6 Å². The molecule has 1 heterocycles. The first-order chi connectivity index (χ1) is 9.67. The van der Waals surface area contributed by atoms with Crippen molar-refractivity contribution in [3.8, 4) is 0 Å². The second-order valence-corrected chi connectivity index (χ2v) is 6.46. The van der Waals surface area contributed by atoms with E-state index in [0.29, 0.717) is 18.5 Å². The first kappa shape index (κ1) is 15.8. The number of likely N-dealkylation sites (N-methyl/N-ethyl adjacent to an activating group) is 1. The lowest BCUT2D eigenvalue weighted by molar-refractivity contribution is -0.135. The van der Waals surface area contributed by atoms with Crippen molar-refractivity contribution in [3.63, 3.8) is 0 Å². The molecule has 0 spiro atoms. The molecule has 2 unspecified atom stereocenters. The number of likely N-dealkylation sites (tertiary alicyclic amines) is 1. The number of amides is 1. The monoisotopic (exact) mass is 282 g/mol. The van der Waals surface area contributed by atoms with Crippen molar-refractivity contribution in [1.82, 2.24) is 9.80 Å². The summed E-state index contributed by atoms with van der Waals surface area (Å²) in [6.45, 7) is 6.67. The summed E-state index contributed by atoms with van der Waals surface area (Å²) >= 11 is 0. The van der Waals surface area contributed by atoms with Gasteiger partial charge in [-0.05, 0) is 38.6 Å². The van der Waals surface area contributed by atoms with Crippen LogP contribution in [0.5, 0.6) is 0 Å². The van der Waals surface area contributed by atoms with E-state index in [-0.39, 0.29) is 18.6 Å². The maximum absolute atomic E-state index is 12.6. The van der Waals surface area contributed by atoms with Gasteiger partial charge in [0.05, 0.1) is 13.2 Å². The molecule has 0 bridgehead atoms. The highest BCUT2D eigenvalue weighted by Crippen LogP contribution is 2.25. The number of nitrogens with zero attached hydrogens (tertiary/aromatic N) is 2. The van der Waals surface area contributed by atoms with E-state index in [0.717, 1.165) is 19.5 Å². The van der Waals surface area contributed by atoms with Gasteiger partial charge in [-0.25, -0.2) is 0 Å². The maximum atomic E-state index is 12.6. The maximum Gasteiger partial charge on any atom is 0.236 e. The van der Waals surface area contributed by atoms with Gasteiger partial charge in [0.15, 0.2) is 0 Å². The molecule has 2 atom stereocenters. The summed E-state index contributed by atoms with van der Waals surface area (Å²) in [6, 6.07) is 0.623. The molecule has 0 aromatic carbocycles. The summed E-state index contributed by atoms with van der Waals surface area (Å²) in [6.07, 6.45) is 7.26. The number of rotatable bonds is 5. The Morgan fingerprint density at radius 3 is 2.55 bits per heavy atom. The fraction of sp³-hybridized carbons (Fsp3) is 0.938. The van der Waals surface area contributed by atoms with Gasteiger partial charge in [0.25, 0.3) is 0 Å². The van der Waals surface area contributed by atoms with Crippen LogP contribution in [0.25, 0.3) is 0 Å².